The maximum atomic E-state index is 12.6. The summed E-state index contributed by atoms with van der Waals surface area (Å²) in [5.41, 5.74) is -0.173. The van der Waals surface area contributed by atoms with Crippen LogP contribution in [0.2, 0.25) is 0 Å². The SMILES string of the molecule is CC(F)(F)c1cc(C=O)ccn1. The molecule has 0 N–H and O–H groups in total. The molecule has 2 nitrogen and oxygen atoms in total. The second-order valence-corrected chi connectivity index (χ2v) is 2.48. The number of carbonyl (C=O) groups excluding carboxylic acids is 1. The number of hydrogen-bond donors (Lipinski definition) is 0. The fraction of sp³-hybridized carbons (Fsp3) is 0.250. The summed E-state index contributed by atoms with van der Waals surface area (Å²) in [5.74, 6) is -2.99. The first-order valence-corrected chi connectivity index (χ1v) is 3.33. The molecule has 0 atom stereocenters. The molecule has 0 spiro atoms. The Morgan fingerprint density at radius 1 is 1.58 bits per heavy atom. The summed E-state index contributed by atoms with van der Waals surface area (Å²) in [7, 11) is 0. The highest BCUT2D eigenvalue weighted by atomic mass is 19.3. The van der Waals surface area contributed by atoms with Crippen LogP contribution in [0.4, 0.5) is 8.78 Å². The van der Waals surface area contributed by atoms with E-state index in [1.807, 2.05) is 0 Å². The van der Waals surface area contributed by atoms with Crippen LogP contribution in [0.25, 0.3) is 0 Å². The molecule has 12 heavy (non-hydrogen) atoms. The van der Waals surface area contributed by atoms with Gasteiger partial charge in [-0.1, -0.05) is 0 Å². The van der Waals surface area contributed by atoms with E-state index in [4.69, 9.17) is 0 Å². The van der Waals surface area contributed by atoms with Crippen LogP contribution in [0.15, 0.2) is 18.3 Å². The van der Waals surface area contributed by atoms with Gasteiger partial charge in [0.2, 0.25) is 0 Å². The van der Waals surface area contributed by atoms with Gasteiger partial charge in [-0.05, 0) is 12.1 Å². The molecule has 1 heterocycles. The lowest BCUT2D eigenvalue weighted by Crippen LogP contribution is -2.09. The van der Waals surface area contributed by atoms with Crippen molar-refractivity contribution in [1.29, 1.82) is 0 Å². The second-order valence-electron chi connectivity index (χ2n) is 2.48. The Bertz CT molecular complexity index is 293. The van der Waals surface area contributed by atoms with Gasteiger partial charge in [0.25, 0.3) is 5.92 Å². The third-order valence-corrected chi connectivity index (χ3v) is 1.37. The molecule has 1 rings (SSSR count). The minimum atomic E-state index is -2.99. The number of aldehydes is 1. The average Bonchev–Trinajstić information content (AvgIpc) is 2.03. The molecule has 1 aromatic rings. The van der Waals surface area contributed by atoms with Gasteiger partial charge in [-0.15, -0.1) is 0 Å². The standard InChI is InChI=1S/C8H7F2NO/c1-8(9,10)7-4-6(5-12)2-3-11-7/h2-5H,1H3. The first-order chi connectivity index (χ1) is 5.54. The number of alkyl halides is 2. The highest BCUT2D eigenvalue weighted by Gasteiger charge is 2.25. The number of pyridine rings is 1. The maximum Gasteiger partial charge on any atom is 0.286 e. The van der Waals surface area contributed by atoms with Crippen molar-refractivity contribution in [1.82, 2.24) is 4.98 Å². The summed E-state index contributed by atoms with van der Waals surface area (Å²) >= 11 is 0. The van der Waals surface area contributed by atoms with Gasteiger partial charge >= 0.3 is 0 Å². The summed E-state index contributed by atoms with van der Waals surface area (Å²) in [4.78, 5) is 13.7. The first kappa shape index (κ1) is 8.77. The molecule has 0 saturated carbocycles. The van der Waals surface area contributed by atoms with Crippen molar-refractivity contribution in [3.05, 3.63) is 29.6 Å². The largest absolute Gasteiger partial charge is 0.298 e. The van der Waals surface area contributed by atoms with Crippen molar-refractivity contribution < 1.29 is 13.6 Å². The van der Waals surface area contributed by atoms with E-state index in [-0.39, 0.29) is 11.3 Å². The summed E-state index contributed by atoms with van der Waals surface area (Å²) in [6.07, 6.45) is 1.70. The molecule has 0 radical (unpaired) electrons. The van der Waals surface area contributed by atoms with Crippen LogP contribution in [0, 0.1) is 0 Å². The van der Waals surface area contributed by atoms with Gasteiger partial charge < -0.3 is 0 Å². The molecular weight excluding hydrogens is 164 g/mol. The lowest BCUT2D eigenvalue weighted by atomic mass is 10.2. The highest BCUT2D eigenvalue weighted by Crippen LogP contribution is 2.24. The van der Waals surface area contributed by atoms with Gasteiger partial charge in [-0.3, -0.25) is 9.78 Å². The molecule has 0 saturated heterocycles. The summed E-state index contributed by atoms with van der Waals surface area (Å²) in [5, 5.41) is 0. The number of carbonyl (C=O) groups is 1. The van der Waals surface area contributed by atoms with Crippen molar-refractivity contribution in [3.8, 4) is 0 Å². The van der Waals surface area contributed by atoms with Crippen molar-refractivity contribution in [2.45, 2.75) is 12.8 Å². The van der Waals surface area contributed by atoms with Crippen LogP contribution in [-0.2, 0) is 5.92 Å². The molecule has 64 valence electrons. The van der Waals surface area contributed by atoms with E-state index in [2.05, 4.69) is 4.98 Å². The first-order valence-electron chi connectivity index (χ1n) is 3.33. The molecule has 0 aromatic carbocycles. The van der Waals surface area contributed by atoms with Crippen LogP contribution in [0.5, 0.6) is 0 Å². The summed E-state index contributed by atoms with van der Waals surface area (Å²) in [6.45, 7) is 0.740. The third kappa shape index (κ3) is 1.84. The van der Waals surface area contributed by atoms with Gasteiger partial charge in [-0.25, -0.2) is 0 Å². The van der Waals surface area contributed by atoms with E-state index in [1.54, 1.807) is 0 Å². The van der Waals surface area contributed by atoms with Gasteiger partial charge in [0.15, 0.2) is 0 Å². The van der Waals surface area contributed by atoms with Crippen LogP contribution < -0.4 is 0 Å². The molecule has 0 unspecified atom stereocenters. The predicted molar refractivity (Wildman–Crippen MR) is 39.2 cm³/mol. The average molecular weight is 171 g/mol. The van der Waals surface area contributed by atoms with Crippen LogP contribution in [-0.4, -0.2) is 11.3 Å². The monoisotopic (exact) mass is 171 g/mol. The minimum absolute atomic E-state index is 0.210. The Morgan fingerprint density at radius 3 is 2.75 bits per heavy atom. The van der Waals surface area contributed by atoms with E-state index in [1.165, 1.54) is 12.3 Å². The Balaban J connectivity index is 3.10. The van der Waals surface area contributed by atoms with Gasteiger partial charge in [0.1, 0.15) is 12.0 Å². The van der Waals surface area contributed by atoms with Crippen molar-refractivity contribution in [2.24, 2.45) is 0 Å². The second kappa shape index (κ2) is 2.97. The molecule has 0 bridgehead atoms. The van der Waals surface area contributed by atoms with E-state index in [0.717, 1.165) is 13.0 Å². The van der Waals surface area contributed by atoms with E-state index in [0.29, 0.717) is 6.29 Å². The fourth-order valence-corrected chi connectivity index (χ4v) is 0.760. The molecule has 0 fully saturated rings. The Labute approximate surface area is 68.2 Å². The molecule has 1 aromatic heterocycles. The van der Waals surface area contributed by atoms with Crippen molar-refractivity contribution >= 4 is 6.29 Å². The van der Waals surface area contributed by atoms with Crippen LogP contribution in [0.1, 0.15) is 23.0 Å². The van der Waals surface area contributed by atoms with Gasteiger partial charge in [0.05, 0.1) is 0 Å². The zero-order valence-corrected chi connectivity index (χ0v) is 6.42. The Kier molecular flexibility index (Phi) is 2.17. The topological polar surface area (TPSA) is 30.0 Å². The van der Waals surface area contributed by atoms with E-state index in [9.17, 15) is 13.6 Å². The number of rotatable bonds is 2. The maximum absolute atomic E-state index is 12.6. The minimum Gasteiger partial charge on any atom is -0.298 e. The fourth-order valence-electron chi connectivity index (χ4n) is 0.760. The molecule has 4 heteroatoms. The van der Waals surface area contributed by atoms with Gasteiger partial charge in [-0.2, -0.15) is 8.78 Å². The smallest absolute Gasteiger partial charge is 0.286 e. The summed E-state index contributed by atoms with van der Waals surface area (Å²) in [6, 6.07) is 2.45. The zero-order chi connectivity index (χ0) is 9.19. The van der Waals surface area contributed by atoms with E-state index >= 15 is 0 Å². The quantitative estimate of drug-likeness (QED) is 0.637. The molecule has 0 aliphatic heterocycles. The Hall–Kier alpha value is -1.32. The molecular formula is C8H7F2NO. The number of nitrogens with zero attached hydrogens (tertiary/aromatic N) is 1. The third-order valence-electron chi connectivity index (χ3n) is 1.37. The van der Waals surface area contributed by atoms with Crippen LogP contribution in [0.3, 0.4) is 0 Å². The van der Waals surface area contributed by atoms with Gasteiger partial charge in [0, 0.05) is 18.7 Å². The number of aromatic nitrogens is 1. The van der Waals surface area contributed by atoms with E-state index < -0.39 is 5.92 Å². The van der Waals surface area contributed by atoms with Crippen molar-refractivity contribution in [2.75, 3.05) is 0 Å². The number of halogens is 2. The lowest BCUT2D eigenvalue weighted by molar-refractivity contribution is 0.0127. The zero-order valence-electron chi connectivity index (χ0n) is 6.42. The molecule has 0 amide bonds. The Morgan fingerprint density at radius 2 is 2.25 bits per heavy atom. The molecule has 0 aliphatic rings. The lowest BCUT2D eigenvalue weighted by Gasteiger charge is -2.08. The highest BCUT2D eigenvalue weighted by molar-refractivity contribution is 5.74. The molecule has 0 aliphatic carbocycles. The van der Waals surface area contributed by atoms with Crippen molar-refractivity contribution in [3.63, 3.8) is 0 Å². The predicted octanol–water partition coefficient (Wildman–Crippen LogP) is 2.01. The normalized spacial score (nSPS) is 11.2. The van der Waals surface area contributed by atoms with Crippen LogP contribution >= 0.6 is 0 Å². The number of hydrogen-bond acceptors (Lipinski definition) is 2. The summed E-state index contributed by atoms with van der Waals surface area (Å²) < 4.78 is 25.2.